The molecule has 0 aliphatic carbocycles. The predicted octanol–water partition coefficient (Wildman–Crippen LogP) is 4.38. The van der Waals surface area contributed by atoms with Gasteiger partial charge in [0.15, 0.2) is 0 Å². The first kappa shape index (κ1) is 16.9. The molecule has 0 rings (SSSR count). The number of unbranched alkanes of at least 4 members (excludes halogenated alkanes) is 9. The van der Waals surface area contributed by atoms with Gasteiger partial charge in [0, 0.05) is 6.54 Å². The highest BCUT2D eigenvalue weighted by Gasteiger charge is 1.93. The summed E-state index contributed by atoms with van der Waals surface area (Å²) in [6, 6.07) is 0. The fraction of sp³-hybridized carbons (Fsp3) is 1.00. The van der Waals surface area contributed by atoms with Crippen molar-refractivity contribution in [3.05, 3.63) is 0 Å². The monoisotopic (exact) mass is 245 g/mol. The molecule has 0 saturated carbocycles. The fourth-order valence-corrected chi connectivity index (χ4v) is 1.79. The summed E-state index contributed by atoms with van der Waals surface area (Å²) in [7, 11) is 0. The molecule has 0 unspecified atom stereocenters. The zero-order valence-electron chi connectivity index (χ0n) is 11.8. The molecule has 0 saturated heterocycles. The SMILES string of the molecule is CCCCCCCCCCCCOONCC. The van der Waals surface area contributed by atoms with E-state index < -0.39 is 0 Å². The molecule has 3 heteroatoms. The van der Waals surface area contributed by atoms with Crippen LogP contribution in [-0.4, -0.2) is 13.2 Å². The van der Waals surface area contributed by atoms with E-state index in [-0.39, 0.29) is 0 Å². The van der Waals surface area contributed by atoms with Crippen LogP contribution >= 0.6 is 0 Å². The number of rotatable bonds is 14. The standard InChI is InChI=1S/C14H31NO2/c1-3-5-6-7-8-9-10-11-12-13-14-16-17-15-4-2/h15H,3-14H2,1-2H3. The van der Waals surface area contributed by atoms with E-state index in [0.717, 1.165) is 13.0 Å². The minimum atomic E-state index is 0.698. The molecule has 104 valence electrons. The Bertz CT molecular complexity index is 117. The van der Waals surface area contributed by atoms with Crippen molar-refractivity contribution in [3.63, 3.8) is 0 Å². The van der Waals surface area contributed by atoms with Crippen LogP contribution in [0.15, 0.2) is 0 Å². The average Bonchev–Trinajstić information content (AvgIpc) is 2.35. The maximum absolute atomic E-state index is 4.93. The third-order valence-electron chi connectivity index (χ3n) is 2.84. The summed E-state index contributed by atoms with van der Waals surface area (Å²) in [5.74, 6) is 0. The quantitative estimate of drug-likeness (QED) is 0.280. The zero-order chi connectivity index (χ0) is 12.6. The third-order valence-corrected chi connectivity index (χ3v) is 2.84. The van der Waals surface area contributed by atoms with Crippen LogP contribution in [0.1, 0.15) is 78.1 Å². The van der Waals surface area contributed by atoms with Crippen LogP contribution in [0.2, 0.25) is 0 Å². The Labute approximate surface area is 107 Å². The Morgan fingerprint density at radius 1 is 0.706 bits per heavy atom. The largest absolute Gasteiger partial charge is 0.218 e. The molecular formula is C14H31NO2. The van der Waals surface area contributed by atoms with Crippen LogP contribution in [0.4, 0.5) is 0 Å². The molecule has 0 bridgehead atoms. The van der Waals surface area contributed by atoms with Gasteiger partial charge in [0.1, 0.15) is 0 Å². The van der Waals surface area contributed by atoms with Gasteiger partial charge >= 0.3 is 0 Å². The van der Waals surface area contributed by atoms with Crippen LogP contribution in [-0.2, 0) is 9.88 Å². The van der Waals surface area contributed by atoms with E-state index in [1.54, 1.807) is 0 Å². The Morgan fingerprint density at radius 3 is 1.76 bits per heavy atom. The van der Waals surface area contributed by atoms with E-state index in [2.05, 4.69) is 12.4 Å². The Morgan fingerprint density at radius 2 is 1.24 bits per heavy atom. The molecular weight excluding hydrogens is 214 g/mol. The maximum Gasteiger partial charge on any atom is 0.0842 e. The molecule has 0 aromatic carbocycles. The predicted molar refractivity (Wildman–Crippen MR) is 72.6 cm³/mol. The first-order valence-corrected chi connectivity index (χ1v) is 7.43. The van der Waals surface area contributed by atoms with Gasteiger partial charge in [-0.25, -0.2) is 4.89 Å². The summed E-state index contributed by atoms with van der Waals surface area (Å²) < 4.78 is 0. The van der Waals surface area contributed by atoms with Crippen LogP contribution in [0.5, 0.6) is 0 Å². The minimum absolute atomic E-state index is 0.698. The van der Waals surface area contributed by atoms with E-state index in [0.29, 0.717) is 6.61 Å². The van der Waals surface area contributed by atoms with Crippen molar-refractivity contribution in [2.45, 2.75) is 78.1 Å². The topological polar surface area (TPSA) is 30.5 Å². The fourth-order valence-electron chi connectivity index (χ4n) is 1.79. The first-order valence-electron chi connectivity index (χ1n) is 7.43. The van der Waals surface area contributed by atoms with Gasteiger partial charge in [-0.15, -0.1) is 4.99 Å². The van der Waals surface area contributed by atoms with Crippen molar-refractivity contribution in [3.8, 4) is 0 Å². The summed E-state index contributed by atoms with van der Waals surface area (Å²) >= 11 is 0. The molecule has 0 aliphatic heterocycles. The van der Waals surface area contributed by atoms with Crippen molar-refractivity contribution >= 4 is 0 Å². The van der Waals surface area contributed by atoms with Crippen molar-refractivity contribution in [1.82, 2.24) is 5.48 Å². The van der Waals surface area contributed by atoms with E-state index in [4.69, 9.17) is 9.88 Å². The summed E-state index contributed by atoms with van der Waals surface area (Å²) in [5.41, 5.74) is 2.66. The molecule has 3 nitrogen and oxygen atoms in total. The molecule has 0 spiro atoms. The van der Waals surface area contributed by atoms with E-state index in [1.165, 1.54) is 57.8 Å². The molecule has 0 amide bonds. The van der Waals surface area contributed by atoms with Gasteiger partial charge in [-0.3, -0.25) is 0 Å². The lowest BCUT2D eigenvalue weighted by atomic mass is 10.1. The summed E-state index contributed by atoms with van der Waals surface area (Å²) in [6.45, 7) is 5.72. The third kappa shape index (κ3) is 15.9. The number of hydrogen-bond donors (Lipinski definition) is 1. The van der Waals surface area contributed by atoms with E-state index in [9.17, 15) is 0 Å². The molecule has 0 radical (unpaired) electrons. The molecule has 0 heterocycles. The highest BCUT2D eigenvalue weighted by Crippen LogP contribution is 2.10. The minimum Gasteiger partial charge on any atom is -0.218 e. The normalized spacial score (nSPS) is 10.9. The summed E-state index contributed by atoms with van der Waals surface area (Å²) in [6.07, 6.45) is 13.5. The molecule has 1 N–H and O–H groups in total. The second-order valence-corrected chi connectivity index (χ2v) is 4.59. The van der Waals surface area contributed by atoms with Crippen LogP contribution in [0.25, 0.3) is 0 Å². The Kier molecular flexibility index (Phi) is 15.8. The van der Waals surface area contributed by atoms with Crippen molar-refractivity contribution in [2.24, 2.45) is 0 Å². The maximum atomic E-state index is 4.93. The van der Waals surface area contributed by atoms with E-state index in [1.807, 2.05) is 6.92 Å². The second-order valence-electron chi connectivity index (χ2n) is 4.59. The van der Waals surface area contributed by atoms with Crippen molar-refractivity contribution in [1.29, 1.82) is 0 Å². The van der Waals surface area contributed by atoms with Gasteiger partial charge in [-0.1, -0.05) is 71.6 Å². The van der Waals surface area contributed by atoms with Crippen molar-refractivity contribution in [2.75, 3.05) is 13.2 Å². The van der Waals surface area contributed by atoms with Crippen LogP contribution in [0, 0.1) is 0 Å². The number of hydroxylamine groups is 1. The highest BCUT2D eigenvalue weighted by molar-refractivity contribution is 4.46. The zero-order valence-corrected chi connectivity index (χ0v) is 11.8. The van der Waals surface area contributed by atoms with E-state index >= 15 is 0 Å². The Balaban J connectivity index is 2.85. The van der Waals surface area contributed by atoms with Gasteiger partial charge in [0.25, 0.3) is 0 Å². The van der Waals surface area contributed by atoms with Gasteiger partial charge in [-0.05, 0) is 6.42 Å². The van der Waals surface area contributed by atoms with Crippen LogP contribution < -0.4 is 5.48 Å². The Hall–Kier alpha value is -0.120. The smallest absolute Gasteiger partial charge is 0.0842 e. The van der Waals surface area contributed by atoms with Crippen LogP contribution in [0.3, 0.4) is 0 Å². The lowest BCUT2D eigenvalue weighted by Gasteiger charge is -2.03. The second kappa shape index (κ2) is 15.9. The molecule has 0 fully saturated rings. The molecule has 17 heavy (non-hydrogen) atoms. The molecule has 0 aromatic heterocycles. The van der Waals surface area contributed by atoms with Gasteiger partial charge < -0.3 is 0 Å². The van der Waals surface area contributed by atoms with Gasteiger partial charge in [0.2, 0.25) is 0 Å². The molecule has 0 atom stereocenters. The van der Waals surface area contributed by atoms with Gasteiger partial charge in [-0.2, -0.15) is 5.48 Å². The van der Waals surface area contributed by atoms with Gasteiger partial charge in [0.05, 0.1) is 6.61 Å². The lowest BCUT2D eigenvalue weighted by molar-refractivity contribution is -0.335. The number of nitrogens with one attached hydrogen (secondary N) is 1. The van der Waals surface area contributed by atoms with Crippen molar-refractivity contribution < 1.29 is 9.88 Å². The first-order chi connectivity index (χ1) is 8.41. The molecule has 0 aliphatic rings. The highest BCUT2D eigenvalue weighted by atomic mass is 17.3. The summed E-state index contributed by atoms with van der Waals surface area (Å²) in [5, 5.41) is 0. The lowest BCUT2D eigenvalue weighted by Crippen LogP contribution is -2.14. The summed E-state index contributed by atoms with van der Waals surface area (Å²) in [4.78, 5) is 9.65. The average molecular weight is 245 g/mol. The molecule has 0 aromatic rings. The number of hydrogen-bond acceptors (Lipinski definition) is 3.